The Bertz CT molecular complexity index is 325. The van der Waals surface area contributed by atoms with Gasteiger partial charge in [-0.15, -0.1) is 0 Å². The van der Waals surface area contributed by atoms with Gasteiger partial charge in [0, 0.05) is 38.6 Å². The molecule has 1 fully saturated rings. The number of rotatable bonds is 5. The van der Waals surface area contributed by atoms with E-state index >= 15 is 0 Å². The maximum atomic E-state index is 6.05. The minimum Gasteiger partial charge on any atom is -0.372 e. The number of hydrogen-bond acceptors (Lipinski definition) is 3. The highest BCUT2D eigenvalue weighted by Crippen LogP contribution is 2.22. The molecule has 4 heteroatoms. The molecule has 1 aliphatic carbocycles. The molecule has 3 nitrogen and oxygen atoms in total. The minimum atomic E-state index is 0.714. The fourth-order valence-electron chi connectivity index (χ4n) is 1.52. The van der Waals surface area contributed by atoms with Crippen molar-refractivity contribution >= 4 is 17.3 Å². The second kappa shape index (κ2) is 4.81. The highest BCUT2D eigenvalue weighted by atomic mass is 35.5. The third-order valence-electron chi connectivity index (χ3n) is 2.62. The molecule has 0 aliphatic heterocycles. The van der Waals surface area contributed by atoms with Crippen LogP contribution in [0.15, 0.2) is 18.5 Å². The summed E-state index contributed by atoms with van der Waals surface area (Å²) in [6.45, 7) is 1.99. The molecule has 0 radical (unpaired) electrons. The van der Waals surface area contributed by atoms with E-state index in [4.69, 9.17) is 11.6 Å². The number of halogens is 1. The van der Waals surface area contributed by atoms with Gasteiger partial charge in [-0.3, -0.25) is 4.98 Å². The van der Waals surface area contributed by atoms with E-state index in [9.17, 15) is 0 Å². The van der Waals surface area contributed by atoms with Gasteiger partial charge in [0.1, 0.15) is 0 Å². The van der Waals surface area contributed by atoms with Crippen LogP contribution in [0.4, 0.5) is 5.69 Å². The van der Waals surface area contributed by atoms with Crippen LogP contribution < -0.4 is 10.2 Å². The van der Waals surface area contributed by atoms with Crippen molar-refractivity contribution in [1.82, 2.24) is 10.3 Å². The number of aromatic nitrogens is 1. The highest BCUT2D eigenvalue weighted by molar-refractivity contribution is 6.33. The topological polar surface area (TPSA) is 28.2 Å². The van der Waals surface area contributed by atoms with E-state index in [1.807, 2.05) is 6.07 Å². The molecule has 15 heavy (non-hydrogen) atoms. The van der Waals surface area contributed by atoms with Crippen molar-refractivity contribution in [2.24, 2.45) is 0 Å². The minimum absolute atomic E-state index is 0.714. The Morgan fingerprint density at radius 3 is 3.07 bits per heavy atom. The summed E-state index contributed by atoms with van der Waals surface area (Å²) in [6, 6.07) is 2.71. The molecule has 1 aromatic rings. The molecule has 1 aromatic heterocycles. The lowest BCUT2D eigenvalue weighted by Crippen LogP contribution is -2.30. The summed E-state index contributed by atoms with van der Waals surface area (Å²) in [4.78, 5) is 6.12. The summed E-state index contributed by atoms with van der Waals surface area (Å²) in [6.07, 6.45) is 6.12. The normalized spacial score (nSPS) is 15.3. The number of hydrogen-bond donors (Lipinski definition) is 1. The van der Waals surface area contributed by atoms with Crippen molar-refractivity contribution in [2.45, 2.75) is 18.9 Å². The average molecular weight is 226 g/mol. The fourth-order valence-corrected chi connectivity index (χ4v) is 1.79. The number of anilines is 1. The summed E-state index contributed by atoms with van der Waals surface area (Å²) >= 11 is 6.05. The molecule has 0 atom stereocenters. The van der Waals surface area contributed by atoms with Gasteiger partial charge in [-0.25, -0.2) is 0 Å². The summed E-state index contributed by atoms with van der Waals surface area (Å²) in [5.74, 6) is 0. The van der Waals surface area contributed by atoms with Gasteiger partial charge in [-0.1, -0.05) is 11.6 Å². The van der Waals surface area contributed by atoms with Gasteiger partial charge in [-0.2, -0.15) is 0 Å². The summed E-state index contributed by atoms with van der Waals surface area (Å²) < 4.78 is 0. The maximum absolute atomic E-state index is 6.05. The van der Waals surface area contributed by atoms with Crippen LogP contribution in [-0.4, -0.2) is 31.2 Å². The van der Waals surface area contributed by atoms with E-state index in [1.54, 1.807) is 12.4 Å². The van der Waals surface area contributed by atoms with Crippen LogP contribution in [0.3, 0.4) is 0 Å². The molecule has 0 bridgehead atoms. The molecule has 0 unspecified atom stereocenters. The first-order valence-corrected chi connectivity index (χ1v) is 5.69. The SMILES string of the molecule is CN(CCNC1CC1)c1ccncc1Cl. The van der Waals surface area contributed by atoms with Crippen molar-refractivity contribution < 1.29 is 0 Å². The molecule has 1 aliphatic rings. The van der Waals surface area contributed by atoms with Gasteiger partial charge in [-0.05, 0) is 18.9 Å². The molecule has 1 saturated carbocycles. The van der Waals surface area contributed by atoms with E-state index in [0.717, 1.165) is 24.8 Å². The standard InChI is InChI=1S/C11H16ClN3/c1-15(7-6-14-9-2-3-9)11-4-5-13-8-10(11)12/h4-5,8-9,14H,2-3,6-7H2,1H3. The van der Waals surface area contributed by atoms with Crippen molar-refractivity contribution in [1.29, 1.82) is 0 Å². The second-order valence-corrected chi connectivity index (χ2v) is 4.38. The number of nitrogens with zero attached hydrogens (tertiary/aromatic N) is 2. The summed E-state index contributed by atoms with van der Waals surface area (Å²) in [7, 11) is 2.05. The first-order chi connectivity index (χ1) is 7.27. The molecule has 1 heterocycles. The third-order valence-corrected chi connectivity index (χ3v) is 2.91. The molecule has 1 N–H and O–H groups in total. The monoisotopic (exact) mass is 225 g/mol. The second-order valence-electron chi connectivity index (χ2n) is 3.98. The van der Waals surface area contributed by atoms with Crippen LogP contribution in [-0.2, 0) is 0 Å². The van der Waals surface area contributed by atoms with E-state index in [2.05, 4.69) is 22.2 Å². The zero-order chi connectivity index (χ0) is 10.7. The Hall–Kier alpha value is -0.800. The van der Waals surface area contributed by atoms with Gasteiger partial charge in [0.15, 0.2) is 0 Å². The van der Waals surface area contributed by atoms with Crippen molar-refractivity contribution in [3.05, 3.63) is 23.5 Å². The van der Waals surface area contributed by atoms with Gasteiger partial charge in [0.25, 0.3) is 0 Å². The summed E-state index contributed by atoms with van der Waals surface area (Å²) in [5, 5.41) is 4.19. The van der Waals surface area contributed by atoms with E-state index in [1.165, 1.54) is 12.8 Å². The largest absolute Gasteiger partial charge is 0.372 e. The van der Waals surface area contributed by atoms with Gasteiger partial charge in [0.2, 0.25) is 0 Å². The van der Waals surface area contributed by atoms with Crippen LogP contribution in [0.2, 0.25) is 5.02 Å². The third kappa shape index (κ3) is 3.08. The lowest BCUT2D eigenvalue weighted by atomic mass is 10.3. The Kier molecular flexibility index (Phi) is 3.44. The van der Waals surface area contributed by atoms with E-state index < -0.39 is 0 Å². The number of likely N-dealkylation sites (N-methyl/N-ethyl adjacent to an activating group) is 1. The van der Waals surface area contributed by atoms with Crippen molar-refractivity contribution in [2.75, 3.05) is 25.0 Å². The molecule has 0 aromatic carbocycles. The predicted molar refractivity (Wildman–Crippen MR) is 63.5 cm³/mol. The van der Waals surface area contributed by atoms with Crippen molar-refractivity contribution in [3.63, 3.8) is 0 Å². The first kappa shape index (κ1) is 10.7. The Morgan fingerprint density at radius 2 is 2.40 bits per heavy atom. The molecule has 0 amide bonds. The Balaban J connectivity index is 1.83. The van der Waals surface area contributed by atoms with Crippen LogP contribution in [0.5, 0.6) is 0 Å². The van der Waals surface area contributed by atoms with Crippen LogP contribution in [0.1, 0.15) is 12.8 Å². The molecule has 82 valence electrons. The van der Waals surface area contributed by atoms with Gasteiger partial charge in [0.05, 0.1) is 10.7 Å². The van der Waals surface area contributed by atoms with E-state index in [-0.39, 0.29) is 0 Å². The lowest BCUT2D eigenvalue weighted by Gasteiger charge is -2.20. The molecule has 0 saturated heterocycles. The van der Waals surface area contributed by atoms with Crippen molar-refractivity contribution in [3.8, 4) is 0 Å². The quantitative estimate of drug-likeness (QED) is 0.830. The highest BCUT2D eigenvalue weighted by Gasteiger charge is 2.19. The molecular formula is C11H16ClN3. The number of pyridine rings is 1. The van der Waals surface area contributed by atoms with Gasteiger partial charge >= 0.3 is 0 Å². The van der Waals surface area contributed by atoms with Crippen LogP contribution in [0.25, 0.3) is 0 Å². The van der Waals surface area contributed by atoms with Crippen LogP contribution in [0, 0.1) is 0 Å². The van der Waals surface area contributed by atoms with Crippen LogP contribution >= 0.6 is 11.6 Å². The summed E-state index contributed by atoms with van der Waals surface area (Å²) in [5.41, 5.74) is 1.05. The first-order valence-electron chi connectivity index (χ1n) is 5.31. The lowest BCUT2D eigenvalue weighted by molar-refractivity contribution is 0.675. The molecule has 0 spiro atoms. The molecule has 2 rings (SSSR count). The number of nitrogens with one attached hydrogen (secondary N) is 1. The zero-order valence-electron chi connectivity index (χ0n) is 8.91. The fraction of sp³-hybridized carbons (Fsp3) is 0.545. The maximum Gasteiger partial charge on any atom is 0.0822 e. The Labute approximate surface area is 95.4 Å². The van der Waals surface area contributed by atoms with E-state index in [0.29, 0.717) is 5.02 Å². The predicted octanol–water partition coefficient (Wildman–Crippen LogP) is 1.92. The Morgan fingerprint density at radius 1 is 1.60 bits per heavy atom. The molecular weight excluding hydrogens is 210 g/mol. The smallest absolute Gasteiger partial charge is 0.0822 e. The zero-order valence-corrected chi connectivity index (χ0v) is 9.67. The average Bonchev–Trinajstić information content (AvgIpc) is 3.02. The van der Waals surface area contributed by atoms with Gasteiger partial charge < -0.3 is 10.2 Å².